The third-order valence-electron chi connectivity index (χ3n) is 3.34. The van der Waals surface area contributed by atoms with Crippen LogP contribution in [0, 0.1) is 17.3 Å². The standard InChI is InChI=1S/C13H17ClO5/c1-7(2)5-8-10(11(16)18-3)13(8,9(15)6-14)12(17)19-4/h5,8,10H,6H2,1-4H3/t8-,10+,13?/m1/s1. The number of methoxy groups -OCH3 is 2. The SMILES string of the molecule is COC(=O)[C@@H]1[C@@H](C=C(C)C)C1(C(=O)CCl)C(=O)OC. The van der Waals surface area contributed by atoms with Crippen molar-refractivity contribution in [2.75, 3.05) is 20.1 Å². The van der Waals surface area contributed by atoms with Crippen LogP contribution in [0.25, 0.3) is 0 Å². The summed E-state index contributed by atoms with van der Waals surface area (Å²) in [5.41, 5.74) is -0.632. The van der Waals surface area contributed by atoms with Gasteiger partial charge in [0, 0.05) is 5.92 Å². The second kappa shape index (κ2) is 5.74. The van der Waals surface area contributed by atoms with E-state index < -0.39 is 35.0 Å². The fourth-order valence-corrected chi connectivity index (χ4v) is 2.70. The van der Waals surface area contributed by atoms with Crippen molar-refractivity contribution in [2.45, 2.75) is 13.8 Å². The first-order valence-electron chi connectivity index (χ1n) is 5.78. The summed E-state index contributed by atoms with van der Waals surface area (Å²) in [4.78, 5) is 35.8. The van der Waals surface area contributed by atoms with Crippen LogP contribution in [-0.2, 0) is 23.9 Å². The maximum Gasteiger partial charge on any atom is 0.320 e. The molecule has 0 aromatic rings. The summed E-state index contributed by atoms with van der Waals surface area (Å²) in [6, 6.07) is 0. The third kappa shape index (κ3) is 2.39. The van der Waals surface area contributed by atoms with Crippen LogP contribution in [0.4, 0.5) is 0 Å². The smallest absolute Gasteiger partial charge is 0.320 e. The number of esters is 2. The van der Waals surface area contributed by atoms with Crippen LogP contribution < -0.4 is 0 Å². The summed E-state index contributed by atoms with van der Waals surface area (Å²) in [5.74, 6) is -3.62. The molecule has 0 aliphatic heterocycles. The van der Waals surface area contributed by atoms with Crippen LogP contribution in [-0.4, -0.2) is 37.8 Å². The molecule has 0 radical (unpaired) electrons. The van der Waals surface area contributed by atoms with E-state index in [4.69, 9.17) is 11.6 Å². The fourth-order valence-electron chi connectivity index (χ4n) is 2.48. The lowest BCUT2D eigenvalue weighted by atomic mass is 9.96. The van der Waals surface area contributed by atoms with Crippen LogP contribution in [0.5, 0.6) is 0 Å². The molecule has 5 nitrogen and oxygen atoms in total. The molecule has 3 atom stereocenters. The van der Waals surface area contributed by atoms with Crippen LogP contribution in [0.1, 0.15) is 13.8 Å². The number of allylic oxidation sites excluding steroid dienone is 2. The number of Topliss-reactive ketones (excluding diaryl/α,β-unsaturated/α-hetero) is 1. The van der Waals surface area contributed by atoms with Gasteiger partial charge >= 0.3 is 11.9 Å². The Morgan fingerprint density at radius 2 is 1.79 bits per heavy atom. The predicted octanol–water partition coefficient (Wildman–Crippen LogP) is 1.34. The zero-order valence-electron chi connectivity index (χ0n) is 11.4. The molecule has 1 aliphatic rings. The van der Waals surface area contributed by atoms with Crippen molar-refractivity contribution in [3.63, 3.8) is 0 Å². The van der Waals surface area contributed by atoms with Gasteiger partial charge in [0.05, 0.1) is 26.0 Å². The van der Waals surface area contributed by atoms with Crippen molar-refractivity contribution in [2.24, 2.45) is 17.3 Å². The highest BCUT2D eigenvalue weighted by Crippen LogP contribution is 2.62. The Labute approximate surface area is 116 Å². The van der Waals surface area contributed by atoms with Crippen molar-refractivity contribution < 1.29 is 23.9 Å². The van der Waals surface area contributed by atoms with Crippen molar-refractivity contribution in [1.29, 1.82) is 0 Å². The van der Waals surface area contributed by atoms with E-state index in [1.54, 1.807) is 6.08 Å². The number of hydrogen-bond acceptors (Lipinski definition) is 5. The minimum atomic E-state index is -1.53. The number of carbonyl (C=O) groups excluding carboxylic acids is 3. The van der Waals surface area contributed by atoms with Crippen molar-refractivity contribution in [3.8, 4) is 0 Å². The molecule has 1 rings (SSSR count). The topological polar surface area (TPSA) is 69.7 Å². The molecule has 0 aromatic heterocycles. The lowest BCUT2D eigenvalue weighted by molar-refractivity contribution is -0.156. The summed E-state index contributed by atoms with van der Waals surface area (Å²) in [7, 11) is 2.39. The monoisotopic (exact) mass is 288 g/mol. The molecule has 0 aromatic carbocycles. The fraction of sp³-hybridized carbons (Fsp3) is 0.615. The molecule has 0 spiro atoms. The number of hydrogen-bond donors (Lipinski definition) is 0. The Bertz CT molecular complexity index is 420. The maximum absolute atomic E-state index is 12.0. The molecule has 19 heavy (non-hydrogen) atoms. The molecule has 0 bridgehead atoms. The number of ketones is 1. The molecule has 1 aliphatic carbocycles. The van der Waals surface area contributed by atoms with Gasteiger partial charge in [0.1, 0.15) is 5.41 Å². The van der Waals surface area contributed by atoms with Crippen LogP contribution >= 0.6 is 11.6 Å². The van der Waals surface area contributed by atoms with Crippen LogP contribution in [0.3, 0.4) is 0 Å². The molecule has 0 amide bonds. The van der Waals surface area contributed by atoms with Crippen molar-refractivity contribution in [1.82, 2.24) is 0 Å². The average molecular weight is 289 g/mol. The summed E-state index contributed by atoms with van der Waals surface area (Å²) >= 11 is 5.56. The lowest BCUT2D eigenvalue weighted by Crippen LogP contribution is -2.33. The summed E-state index contributed by atoms with van der Waals surface area (Å²) in [6.45, 7) is 3.64. The minimum Gasteiger partial charge on any atom is -0.469 e. The number of halogens is 1. The van der Waals surface area contributed by atoms with Gasteiger partial charge in [-0.1, -0.05) is 11.6 Å². The molecule has 0 saturated heterocycles. The van der Waals surface area contributed by atoms with Gasteiger partial charge in [-0.05, 0) is 13.8 Å². The van der Waals surface area contributed by atoms with Crippen molar-refractivity contribution >= 4 is 29.3 Å². The molecular weight excluding hydrogens is 272 g/mol. The molecule has 1 fully saturated rings. The highest BCUT2D eigenvalue weighted by atomic mass is 35.5. The van der Waals surface area contributed by atoms with Crippen molar-refractivity contribution in [3.05, 3.63) is 11.6 Å². The average Bonchev–Trinajstić information content (AvgIpc) is 3.04. The first-order valence-corrected chi connectivity index (χ1v) is 6.31. The van der Waals surface area contributed by atoms with E-state index in [0.717, 1.165) is 5.57 Å². The summed E-state index contributed by atoms with van der Waals surface area (Å²) in [6.07, 6.45) is 1.71. The molecule has 1 unspecified atom stereocenters. The number of ether oxygens (including phenoxy) is 2. The van der Waals surface area contributed by atoms with Gasteiger partial charge in [0.2, 0.25) is 0 Å². The highest BCUT2D eigenvalue weighted by molar-refractivity contribution is 6.32. The van der Waals surface area contributed by atoms with Gasteiger partial charge in [-0.2, -0.15) is 0 Å². The molecule has 0 N–H and O–H groups in total. The van der Waals surface area contributed by atoms with Gasteiger partial charge in [-0.25, -0.2) is 0 Å². The Balaban J connectivity index is 3.28. The second-order valence-electron chi connectivity index (χ2n) is 4.69. The number of rotatable bonds is 5. The Kier molecular flexibility index (Phi) is 4.74. The first kappa shape index (κ1) is 15.7. The van der Waals surface area contributed by atoms with Gasteiger partial charge in [-0.15, -0.1) is 11.6 Å². The predicted molar refractivity (Wildman–Crippen MR) is 68.6 cm³/mol. The number of carbonyl (C=O) groups is 3. The van der Waals surface area contributed by atoms with Gasteiger partial charge in [0.15, 0.2) is 5.78 Å². The quantitative estimate of drug-likeness (QED) is 0.330. The molecular formula is C13H17ClO5. The maximum atomic E-state index is 12.0. The van der Waals surface area contributed by atoms with Gasteiger partial charge in [0.25, 0.3) is 0 Å². The highest BCUT2D eigenvalue weighted by Gasteiger charge is 2.77. The van der Waals surface area contributed by atoms with Crippen LogP contribution in [0.2, 0.25) is 0 Å². The van der Waals surface area contributed by atoms with Gasteiger partial charge in [-0.3, -0.25) is 14.4 Å². The first-order chi connectivity index (χ1) is 8.87. The largest absolute Gasteiger partial charge is 0.469 e. The molecule has 0 heterocycles. The van der Waals surface area contributed by atoms with E-state index in [1.165, 1.54) is 14.2 Å². The zero-order chi connectivity index (χ0) is 14.8. The van der Waals surface area contributed by atoms with Crippen LogP contribution in [0.15, 0.2) is 11.6 Å². The summed E-state index contributed by atoms with van der Waals surface area (Å²) < 4.78 is 9.34. The second-order valence-corrected chi connectivity index (χ2v) is 4.96. The zero-order valence-corrected chi connectivity index (χ0v) is 12.1. The van der Waals surface area contributed by atoms with Gasteiger partial charge < -0.3 is 9.47 Å². The third-order valence-corrected chi connectivity index (χ3v) is 3.58. The Hall–Kier alpha value is -1.36. The number of alkyl halides is 1. The Morgan fingerprint density at radius 3 is 2.16 bits per heavy atom. The summed E-state index contributed by atoms with van der Waals surface area (Å²) in [5, 5.41) is 0. The molecule has 6 heteroatoms. The van der Waals surface area contributed by atoms with E-state index in [0.29, 0.717) is 0 Å². The Morgan fingerprint density at radius 1 is 1.21 bits per heavy atom. The van der Waals surface area contributed by atoms with E-state index in [1.807, 2.05) is 13.8 Å². The minimum absolute atomic E-state index is 0.351. The van der Waals surface area contributed by atoms with E-state index in [2.05, 4.69) is 9.47 Å². The normalized spacial score (nSPS) is 28.3. The van der Waals surface area contributed by atoms with E-state index in [-0.39, 0.29) is 5.88 Å². The van der Waals surface area contributed by atoms with E-state index in [9.17, 15) is 14.4 Å². The lowest BCUT2D eigenvalue weighted by Gasteiger charge is -2.12. The van der Waals surface area contributed by atoms with E-state index >= 15 is 0 Å². The molecule has 1 saturated carbocycles. The molecule has 106 valence electrons.